The fourth-order valence-corrected chi connectivity index (χ4v) is 6.61. The van der Waals surface area contributed by atoms with Crippen molar-refractivity contribution in [2.75, 3.05) is 62.8 Å². The molecule has 1 aromatic carbocycles. The molecule has 1 unspecified atom stereocenters. The number of nitrogens with zero attached hydrogens (tertiary/aromatic N) is 6. The van der Waals surface area contributed by atoms with Gasteiger partial charge in [-0.3, -0.25) is 24.4 Å². The number of pyridine rings is 2. The molecule has 2 aromatic heterocycles. The highest BCUT2D eigenvalue weighted by atomic mass is 16.2. The SMILES string of the molecule is C=CC(=O)N1CCC(N(CC)c2cc(N(c3cccnc3)N3CCN(C)CC3)cc(C(=O)NCc3c(C)cc(C)[nH]c3=O)c2C)C1. The molecule has 11 nitrogen and oxygen atoms in total. The number of aryl methyl sites for hydroxylation is 2. The summed E-state index contributed by atoms with van der Waals surface area (Å²) in [4.78, 5) is 53.0. The Balaban J connectivity index is 1.58. The van der Waals surface area contributed by atoms with E-state index >= 15 is 0 Å². The minimum Gasteiger partial charge on any atom is -0.367 e. The number of H-pyrrole nitrogens is 1. The maximum atomic E-state index is 14.1. The summed E-state index contributed by atoms with van der Waals surface area (Å²) in [6, 6.07) is 10.1. The Morgan fingerprint density at radius 1 is 1.11 bits per heavy atom. The first kappa shape index (κ1) is 32.9. The molecule has 46 heavy (non-hydrogen) atoms. The Morgan fingerprint density at radius 2 is 1.87 bits per heavy atom. The minimum atomic E-state index is -0.254. The molecule has 11 heteroatoms. The number of rotatable bonds is 10. The largest absolute Gasteiger partial charge is 0.367 e. The molecule has 0 bridgehead atoms. The predicted octanol–water partition coefficient (Wildman–Crippen LogP) is 3.54. The zero-order valence-corrected chi connectivity index (χ0v) is 27.7. The van der Waals surface area contributed by atoms with Gasteiger partial charge >= 0.3 is 0 Å². The van der Waals surface area contributed by atoms with Gasteiger partial charge in [0.15, 0.2) is 0 Å². The van der Waals surface area contributed by atoms with Crippen LogP contribution in [0.1, 0.15) is 46.1 Å². The summed E-state index contributed by atoms with van der Waals surface area (Å²) in [5, 5.41) is 7.51. The fraction of sp³-hybridized carbons (Fsp3) is 0.429. The first-order valence-corrected chi connectivity index (χ1v) is 16.0. The van der Waals surface area contributed by atoms with E-state index in [0.717, 1.165) is 66.5 Å². The quantitative estimate of drug-likeness (QED) is 0.329. The number of aromatic amines is 1. The topological polar surface area (TPSA) is 108 Å². The van der Waals surface area contributed by atoms with Crippen LogP contribution in [0, 0.1) is 20.8 Å². The molecular weight excluding hydrogens is 580 g/mol. The van der Waals surface area contributed by atoms with Crippen LogP contribution in [0.3, 0.4) is 0 Å². The number of likely N-dealkylation sites (tertiary alicyclic amines) is 1. The molecule has 1 atom stereocenters. The van der Waals surface area contributed by atoms with Gasteiger partial charge in [-0.2, -0.15) is 0 Å². The number of hydrogen-bond acceptors (Lipinski definition) is 8. The monoisotopic (exact) mass is 626 g/mol. The fourth-order valence-electron chi connectivity index (χ4n) is 6.61. The van der Waals surface area contributed by atoms with Crippen LogP contribution in [0.2, 0.25) is 0 Å². The van der Waals surface area contributed by atoms with E-state index in [-0.39, 0.29) is 30.0 Å². The number of likely N-dealkylation sites (N-methyl/N-ethyl adjacent to an activating group) is 2. The second-order valence-electron chi connectivity index (χ2n) is 12.3. The molecule has 5 rings (SSSR count). The van der Waals surface area contributed by atoms with Crippen LogP contribution in [-0.4, -0.2) is 95.5 Å². The Bertz CT molecular complexity index is 1630. The standard InChI is InChI=1S/C35H46N8O3/c1-7-33(44)40-13-11-28(23-40)42(8-2)32-20-29(43(27-10-9-12-36-21-27)41-16-14-39(6)15-17-41)19-30(26(32)5)34(45)37-22-31-24(3)18-25(4)38-35(31)46/h7,9-10,12,18-21,28H,1,8,11,13-17,22-23H2,2-6H3,(H,37,45)(H,38,46). The van der Waals surface area contributed by atoms with Crippen molar-refractivity contribution < 1.29 is 9.59 Å². The molecule has 2 amide bonds. The third-order valence-corrected chi connectivity index (χ3v) is 9.17. The van der Waals surface area contributed by atoms with E-state index in [9.17, 15) is 14.4 Å². The summed E-state index contributed by atoms with van der Waals surface area (Å²) < 4.78 is 0. The first-order valence-electron chi connectivity index (χ1n) is 16.0. The molecule has 4 heterocycles. The van der Waals surface area contributed by atoms with Gasteiger partial charge in [-0.25, -0.2) is 5.01 Å². The average Bonchev–Trinajstić information content (AvgIpc) is 3.53. The van der Waals surface area contributed by atoms with Gasteiger partial charge in [-0.1, -0.05) is 6.58 Å². The predicted molar refractivity (Wildman–Crippen MR) is 183 cm³/mol. The second-order valence-corrected chi connectivity index (χ2v) is 12.3. The van der Waals surface area contributed by atoms with Gasteiger partial charge in [0.2, 0.25) is 5.91 Å². The van der Waals surface area contributed by atoms with Gasteiger partial charge in [-0.15, -0.1) is 0 Å². The molecule has 3 aromatic rings. The van der Waals surface area contributed by atoms with Crippen LogP contribution in [0.4, 0.5) is 17.1 Å². The lowest BCUT2D eigenvalue weighted by atomic mass is 10.0. The van der Waals surface area contributed by atoms with Gasteiger partial charge in [0.1, 0.15) is 0 Å². The number of carbonyl (C=O) groups is 2. The number of hydrogen-bond donors (Lipinski definition) is 2. The lowest BCUT2D eigenvalue weighted by molar-refractivity contribution is -0.125. The van der Waals surface area contributed by atoms with E-state index < -0.39 is 0 Å². The van der Waals surface area contributed by atoms with Gasteiger partial charge in [0, 0.05) is 87.1 Å². The molecule has 0 radical (unpaired) electrons. The van der Waals surface area contributed by atoms with Gasteiger partial charge in [0.25, 0.3) is 11.5 Å². The zero-order valence-electron chi connectivity index (χ0n) is 27.7. The van der Waals surface area contributed by atoms with Crippen LogP contribution in [0.5, 0.6) is 0 Å². The summed E-state index contributed by atoms with van der Waals surface area (Å²) in [7, 11) is 2.13. The Morgan fingerprint density at radius 3 is 2.52 bits per heavy atom. The number of anilines is 3. The smallest absolute Gasteiger partial charge is 0.253 e. The molecule has 0 spiro atoms. The van der Waals surface area contributed by atoms with Crippen LogP contribution < -0.4 is 20.8 Å². The molecule has 2 fully saturated rings. The maximum Gasteiger partial charge on any atom is 0.253 e. The molecule has 2 aliphatic rings. The third-order valence-electron chi connectivity index (χ3n) is 9.17. The number of carbonyl (C=O) groups excluding carboxylic acids is 2. The third kappa shape index (κ3) is 7.00. The van der Waals surface area contributed by atoms with E-state index in [2.05, 4.69) is 61.7 Å². The van der Waals surface area contributed by atoms with Crippen molar-refractivity contribution in [3.8, 4) is 0 Å². The molecule has 0 aliphatic carbocycles. The van der Waals surface area contributed by atoms with E-state index in [0.29, 0.717) is 30.8 Å². The Kier molecular flexibility index (Phi) is 10.2. The first-order chi connectivity index (χ1) is 22.1. The Labute approximate surface area is 271 Å². The number of aromatic nitrogens is 2. The second kappa shape index (κ2) is 14.3. The van der Waals surface area contributed by atoms with Gasteiger partial charge < -0.3 is 25.0 Å². The van der Waals surface area contributed by atoms with Crippen LogP contribution >= 0.6 is 0 Å². The molecule has 2 aliphatic heterocycles. The summed E-state index contributed by atoms with van der Waals surface area (Å²) in [5.74, 6) is -0.321. The summed E-state index contributed by atoms with van der Waals surface area (Å²) in [6.45, 7) is 17.0. The number of amides is 2. The van der Waals surface area contributed by atoms with E-state index in [1.165, 1.54) is 6.08 Å². The minimum absolute atomic E-state index is 0.0664. The van der Waals surface area contributed by atoms with Crippen molar-refractivity contribution in [3.05, 3.63) is 93.7 Å². The lowest BCUT2D eigenvalue weighted by Gasteiger charge is -2.42. The van der Waals surface area contributed by atoms with Crippen LogP contribution in [0.15, 0.2) is 60.2 Å². The molecule has 244 valence electrons. The summed E-state index contributed by atoms with van der Waals surface area (Å²) >= 11 is 0. The highest BCUT2D eigenvalue weighted by Gasteiger charge is 2.32. The molecular formula is C35H46N8O3. The van der Waals surface area contributed by atoms with E-state index in [1.807, 2.05) is 56.1 Å². The Hall–Kier alpha value is -4.48. The number of hydrazine groups is 1. The van der Waals surface area contributed by atoms with Gasteiger partial charge in [-0.05, 0) is 88.7 Å². The van der Waals surface area contributed by atoms with E-state index in [1.54, 1.807) is 6.20 Å². The van der Waals surface area contributed by atoms with Crippen molar-refractivity contribution in [3.63, 3.8) is 0 Å². The summed E-state index contributed by atoms with van der Waals surface area (Å²) in [5.41, 5.74) is 6.03. The van der Waals surface area contributed by atoms with E-state index in [4.69, 9.17) is 0 Å². The molecule has 2 saturated heterocycles. The highest BCUT2D eigenvalue weighted by molar-refractivity contribution is 5.99. The van der Waals surface area contributed by atoms with Crippen molar-refractivity contribution >= 4 is 28.9 Å². The normalized spacial score (nSPS) is 17.2. The average molecular weight is 627 g/mol. The number of benzene rings is 1. The molecule has 0 saturated carbocycles. The highest BCUT2D eigenvalue weighted by Crippen LogP contribution is 2.37. The number of nitrogens with one attached hydrogen (secondary N) is 2. The summed E-state index contributed by atoms with van der Waals surface area (Å²) in [6.07, 6.45) is 5.79. The van der Waals surface area contributed by atoms with Crippen LogP contribution in [-0.2, 0) is 11.3 Å². The van der Waals surface area contributed by atoms with Crippen molar-refractivity contribution in [2.45, 2.75) is 46.7 Å². The zero-order chi connectivity index (χ0) is 33.0. The maximum absolute atomic E-state index is 14.1. The lowest BCUT2D eigenvalue weighted by Crippen LogP contribution is -2.51. The number of piperazine rings is 1. The molecule has 2 N–H and O–H groups in total. The van der Waals surface area contributed by atoms with Crippen molar-refractivity contribution in [1.82, 2.24) is 30.1 Å². The van der Waals surface area contributed by atoms with Crippen molar-refractivity contribution in [1.29, 1.82) is 0 Å². The van der Waals surface area contributed by atoms with Crippen LogP contribution in [0.25, 0.3) is 0 Å². The van der Waals surface area contributed by atoms with Gasteiger partial charge in [0.05, 0.1) is 17.6 Å². The van der Waals surface area contributed by atoms with Crippen molar-refractivity contribution in [2.24, 2.45) is 0 Å².